The Morgan fingerprint density at radius 2 is 2.20 bits per heavy atom. The van der Waals surface area contributed by atoms with Crippen LogP contribution in [0.4, 0.5) is 0 Å². The number of unbranched alkanes of at least 4 members (excludes halogenated alkanes) is 2. The normalized spacial score (nSPS) is 13.0. The molecule has 1 aromatic heterocycles. The van der Waals surface area contributed by atoms with Crippen LogP contribution in [0.15, 0.2) is 21.2 Å². The van der Waals surface area contributed by atoms with Crippen molar-refractivity contribution in [2.75, 3.05) is 13.2 Å². The van der Waals surface area contributed by atoms with Gasteiger partial charge < -0.3 is 14.8 Å². The summed E-state index contributed by atoms with van der Waals surface area (Å²) in [6.07, 6.45) is 3.05. The number of hydrogen-bond acceptors (Lipinski definition) is 3. The monoisotopic (exact) mass is 275 g/mol. The van der Waals surface area contributed by atoms with Crippen LogP contribution in [-0.4, -0.2) is 18.3 Å². The second kappa shape index (κ2) is 7.04. The SMILES string of the molecule is CC(NCCCCCO)c1ccc(Br)o1. The summed E-state index contributed by atoms with van der Waals surface area (Å²) in [6.45, 7) is 3.33. The molecule has 0 aliphatic rings. The Bertz CT molecular complexity index is 275. The highest BCUT2D eigenvalue weighted by molar-refractivity contribution is 9.10. The standard InChI is InChI=1S/C11H18BrNO2/c1-9(10-5-6-11(12)15-10)13-7-3-2-4-8-14/h5-6,9,13-14H,2-4,7-8H2,1H3. The van der Waals surface area contributed by atoms with Crippen LogP contribution < -0.4 is 5.32 Å². The maximum atomic E-state index is 8.61. The molecule has 1 atom stereocenters. The molecule has 4 heteroatoms. The van der Waals surface area contributed by atoms with Crippen LogP contribution in [0.3, 0.4) is 0 Å². The molecule has 1 rings (SSSR count). The summed E-state index contributed by atoms with van der Waals surface area (Å²) in [5, 5.41) is 12.0. The molecular formula is C11H18BrNO2. The second-order valence-electron chi connectivity index (χ2n) is 3.60. The molecule has 0 amide bonds. The van der Waals surface area contributed by atoms with Gasteiger partial charge in [0.1, 0.15) is 5.76 Å². The third-order valence-electron chi connectivity index (χ3n) is 2.31. The third kappa shape index (κ3) is 4.82. The van der Waals surface area contributed by atoms with E-state index in [1.807, 2.05) is 12.1 Å². The van der Waals surface area contributed by atoms with Crippen molar-refractivity contribution in [1.29, 1.82) is 0 Å². The van der Waals surface area contributed by atoms with Gasteiger partial charge in [-0.2, -0.15) is 0 Å². The molecule has 1 heterocycles. The minimum Gasteiger partial charge on any atom is -0.453 e. The maximum absolute atomic E-state index is 8.61. The Morgan fingerprint density at radius 3 is 2.80 bits per heavy atom. The van der Waals surface area contributed by atoms with Gasteiger partial charge in [0.05, 0.1) is 6.04 Å². The third-order valence-corrected chi connectivity index (χ3v) is 2.73. The number of furan rings is 1. The minimum absolute atomic E-state index is 0.241. The van der Waals surface area contributed by atoms with Crippen LogP contribution in [0.25, 0.3) is 0 Å². The van der Waals surface area contributed by atoms with Crippen molar-refractivity contribution >= 4 is 15.9 Å². The quantitative estimate of drug-likeness (QED) is 0.753. The van der Waals surface area contributed by atoms with E-state index in [1.54, 1.807) is 0 Å². The van der Waals surface area contributed by atoms with E-state index >= 15 is 0 Å². The summed E-state index contributed by atoms with van der Waals surface area (Å²) in [7, 11) is 0. The summed E-state index contributed by atoms with van der Waals surface area (Å²) in [4.78, 5) is 0. The van der Waals surface area contributed by atoms with Gasteiger partial charge in [0.25, 0.3) is 0 Å². The first kappa shape index (κ1) is 12.7. The minimum atomic E-state index is 0.241. The van der Waals surface area contributed by atoms with Crippen LogP contribution >= 0.6 is 15.9 Å². The predicted octanol–water partition coefficient (Wildman–Crippen LogP) is 2.86. The predicted molar refractivity (Wildman–Crippen MR) is 63.8 cm³/mol. The van der Waals surface area contributed by atoms with E-state index in [-0.39, 0.29) is 6.04 Å². The van der Waals surface area contributed by atoms with E-state index in [1.165, 1.54) is 0 Å². The van der Waals surface area contributed by atoms with Gasteiger partial charge in [-0.1, -0.05) is 0 Å². The number of rotatable bonds is 7. The molecule has 0 aliphatic carbocycles. The number of nitrogens with one attached hydrogen (secondary N) is 1. The summed E-state index contributed by atoms with van der Waals surface area (Å²) < 4.78 is 6.21. The molecule has 0 bridgehead atoms. The average molecular weight is 276 g/mol. The van der Waals surface area contributed by atoms with Gasteiger partial charge in [-0.15, -0.1) is 0 Å². The molecule has 15 heavy (non-hydrogen) atoms. The average Bonchev–Trinajstić information content (AvgIpc) is 2.64. The molecule has 1 aromatic rings. The van der Waals surface area contributed by atoms with Crippen molar-refractivity contribution < 1.29 is 9.52 Å². The molecule has 0 spiro atoms. The van der Waals surface area contributed by atoms with Gasteiger partial charge in [0.15, 0.2) is 4.67 Å². The zero-order chi connectivity index (χ0) is 11.1. The lowest BCUT2D eigenvalue weighted by Crippen LogP contribution is -2.19. The Kier molecular flexibility index (Phi) is 5.98. The Labute approximate surface area is 99.0 Å². The molecule has 0 saturated carbocycles. The molecule has 0 saturated heterocycles. The topological polar surface area (TPSA) is 45.4 Å². The number of hydrogen-bond donors (Lipinski definition) is 2. The molecular weight excluding hydrogens is 258 g/mol. The summed E-state index contributed by atoms with van der Waals surface area (Å²) >= 11 is 3.28. The first-order valence-electron chi connectivity index (χ1n) is 5.33. The number of aliphatic hydroxyl groups excluding tert-OH is 1. The molecule has 0 aromatic carbocycles. The fourth-order valence-corrected chi connectivity index (χ4v) is 1.71. The van der Waals surface area contributed by atoms with Gasteiger partial charge in [-0.25, -0.2) is 0 Å². The zero-order valence-corrected chi connectivity index (χ0v) is 10.6. The lowest BCUT2D eigenvalue weighted by Gasteiger charge is -2.10. The fraction of sp³-hybridized carbons (Fsp3) is 0.636. The van der Waals surface area contributed by atoms with Crippen LogP contribution in [0.5, 0.6) is 0 Å². The van der Waals surface area contributed by atoms with E-state index in [0.29, 0.717) is 6.61 Å². The first-order valence-corrected chi connectivity index (χ1v) is 6.13. The fourth-order valence-electron chi connectivity index (χ4n) is 1.39. The van der Waals surface area contributed by atoms with Crippen molar-refractivity contribution in [1.82, 2.24) is 5.32 Å². The lowest BCUT2D eigenvalue weighted by molar-refractivity contribution is 0.282. The molecule has 0 radical (unpaired) electrons. The Morgan fingerprint density at radius 1 is 1.40 bits per heavy atom. The molecule has 0 fully saturated rings. The van der Waals surface area contributed by atoms with Crippen molar-refractivity contribution in [2.24, 2.45) is 0 Å². The van der Waals surface area contributed by atoms with E-state index < -0.39 is 0 Å². The number of halogens is 1. The van der Waals surface area contributed by atoms with Gasteiger partial charge in [-0.3, -0.25) is 0 Å². The highest BCUT2D eigenvalue weighted by Crippen LogP contribution is 2.19. The Balaban J connectivity index is 2.16. The van der Waals surface area contributed by atoms with Crippen LogP contribution in [0.2, 0.25) is 0 Å². The lowest BCUT2D eigenvalue weighted by atomic mass is 10.2. The van der Waals surface area contributed by atoms with Crippen LogP contribution in [0.1, 0.15) is 38.0 Å². The second-order valence-corrected chi connectivity index (χ2v) is 4.38. The molecule has 86 valence electrons. The molecule has 2 N–H and O–H groups in total. The van der Waals surface area contributed by atoms with Crippen molar-refractivity contribution in [3.8, 4) is 0 Å². The van der Waals surface area contributed by atoms with Crippen LogP contribution in [-0.2, 0) is 0 Å². The molecule has 3 nitrogen and oxygen atoms in total. The highest BCUT2D eigenvalue weighted by atomic mass is 79.9. The van der Waals surface area contributed by atoms with Crippen LogP contribution in [0, 0.1) is 0 Å². The van der Waals surface area contributed by atoms with Crippen molar-refractivity contribution in [2.45, 2.75) is 32.2 Å². The van der Waals surface area contributed by atoms with Gasteiger partial charge in [-0.05, 0) is 60.8 Å². The van der Waals surface area contributed by atoms with Gasteiger partial charge in [0.2, 0.25) is 0 Å². The highest BCUT2D eigenvalue weighted by Gasteiger charge is 2.08. The molecule has 1 unspecified atom stereocenters. The molecule has 0 aliphatic heterocycles. The van der Waals surface area contributed by atoms with E-state index in [0.717, 1.165) is 36.2 Å². The first-order chi connectivity index (χ1) is 7.24. The number of aliphatic hydroxyl groups is 1. The van der Waals surface area contributed by atoms with Gasteiger partial charge >= 0.3 is 0 Å². The van der Waals surface area contributed by atoms with Crippen molar-refractivity contribution in [3.63, 3.8) is 0 Å². The smallest absolute Gasteiger partial charge is 0.169 e. The van der Waals surface area contributed by atoms with Gasteiger partial charge in [0, 0.05) is 6.61 Å². The zero-order valence-electron chi connectivity index (χ0n) is 9.00. The van der Waals surface area contributed by atoms with E-state index in [2.05, 4.69) is 28.2 Å². The summed E-state index contributed by atoms with van der Waals surface area (Å²) in [6, 6.07) is 4.11. The maximum Gasteiger partial charge on any atom is 0.169 e. The summed E-state index contributed by atoms with van der Waals surface area (Å²) in [5.74, 6) is 0.948. The largest absolute Gasteiger partial charge is 0.453 e. The van der Waals surface area contributed by atoms with Crippen molar-refractivity contribution in [3.05, 3.63) is 22.6 Å². The van der Waals surface area contributed by atoms with E-state index in [4.69, 9.17) is 9.52 Å². The van der Waals surface area contributed by atoms with E-state index in [9.17, 15) is 0 Å². The summed E-state index contributed by atoms with van der Waals surface area (Å²) in [5.41, 5.74) is 0. The Hall–Kier alpha value is -0.320.